The topological polar surface area (TPSA) is 140 Å². The van der Waals surface area contributed by atoms with Crippen LogP contribution in [-0.4, -0.2) is 59.0 Å². The molecule has 0 saturated carbocycles. The fourth-order valence-electron chi connectivity index (χ4n) is 3.22. The van der Waals surface area contributed by atoms with Crippen LogP contribution in [0.15, 0.2) is 53.7 Å². The number of amides is 1. The largest absolute Gasteiger partial charge is 0.447 e. The van der Waals surface area contributed by atoms with Crippen molar-refractivity contribution in [1.82, 2.24) is 25.5 Å². The number of hydrogen-bond acceptors (Lipinski definition) is 8. The molecule has 2 N–H and O–H groups in total. The number of aromatic nitrogens is 4. The van der Waals surface area contributed by atoms with Gasteiger partial charge in [-0.1, -0.05) is 29.3 Å². The molecule has 188 valence electrons. The van der Waals surface area contributed by atoms with Gasteiger partial charge < -0.3 is 15.2 Å². The van der Waals surface area contributed by atoms with E-state index in [1.54, 1.807) is 13.0 Å². The van der Waals surface area contributed by atoms with Gasteiger partial charge in [-0.25, -0.2) is 13.2 Å². The lowest BCUT2D eigenvalue weighted by Gasteiger charge is -2.31. The van der Waals surface area contributed by atoms with Gasteiger partial charge in [0.25, 0.3) is 10.0 Å². The van der Waals surface area contributed by atoms with Crippen molar-refractivity contribution in [3.8, 4) is 0 Å². The number of carbonyl (C=O) groups excluding carboxylic acids is 1. The van der Waals surface area contributed by atoms with Gasteiger partial charge in [-0.15, -0.1) is 10.2 Å². The lowest BCUT2D eigenvalue weighted by atomic mass is 10.1. The Hall–Kier alpha value is -2.93. The molecule has 0 spiro atoms. The highest BCUT2D eigenvalue weighted by Gasteiger charge is 2.32. The second kappa shape index (κ2) is 12.2. The number of nitrogens with zero attached hydrogens (tertiary/aromatic N) is 5. The summed E-state index contributed by atoms with van der Waals surface area (Å²) < 4.78 is 33.6. The van der Waals surface area contributed by atoms with Gasteiger partial charge in [0, 0.05) is 22.2 Å². The van der Waals surface area contributed by atoms with Crippen LogP contribution in [0.25, 0.3) is 0 Å². The Bertz CT molecular complexity index is 1230. The van der Waals surface area contributed by atoms with E-state index in [1.807, 2.05) is 0 Å². The standard InChI is InChI=1S/C21H24Cl2N6O5S/c1-15(13-34-21(31)24-9-2-10-28-26-14-25-27-28)29(20-11-18(23)4-3-16(20)12-30)35(32,33)19-7-5-17(22)6-8-19/h3-8,11,14-15,30H,2,9-10,12-13H2,1H3,(H,24,31)/t15-/m1/s1. The molecule has 0 bridgehead atoms. The zero-order chi connectivity index (χ0) is 25.4. The van der Waals surface area contributed by atoms with Crippen LogP contribution in [-0.2, 0) is 27.9 Å². The average Bonchev–Trinajstić information content (AvgIpc) is 3.34. The molecule has 35 heavy (non-hydrogen) atoms. The van der Waals surface area contributed by atoms with E-state index in [0.717, 1.165) is 4.31 Å². The predicted octanol–water partition coefficient (Wildman–Crippen LogP) is 2.87. The van der Waals surface area contributed by atoms with Crippen molar-refractivity contribution in [2.75, 3.05) is 17.5 Å². The molecule has 2 aromatic carbocycles. The Morgan fingerprint density at radius 1 is 1.20 bits per heavy atom. The smallest absolute Gasteiger partial charge is 0.407 e. The highest BCUT2D eigenvalue weighted by molar-refractivity contribution is 7.92. The lowest BCUT2D eigenvalue weighted by molar-refractivity contribution is 0.141. The number of ether oxygens (including phenoxy) is 1. The van der Waals surface area contributed by atoms with Gasteiger partial charge in [0.05, 0.1) is 29.8 Å². The summed E-state index contributed by atoms with van der Waals surface area (Å²) >= 11 is 12.1. The van der Waals surface area contributed by atoms with E-state index < -0.39 is 28.8 Å². The minimum Gasteiger partial charge on any atom is -0.447 e. The van der Waals surface area contributed by atoms with E-state index in [-0.39, 0.29) is 22.2 Å². The van der Waals surface area contributed by atoms with E-state index in [2.05, 4.69) is 20.7 Å². The third-order valence-electron chi connectivity index (χ3n) is 4.88. The Morgan fingerprint density at radius 2 is 1.91 bits per heavy atom. The number of halogens is 2. The Labute approximate surface area is 212 Å². The van der Waals surface area contributed by atoms with Crippen LogP contribution in [0, 0.1) is 0 Å². The number of hydrogen-bond donors (Lipinski definition) is 2. The zero-order valence-corrected chi connectivity index (χ0v) is 21.0. The maximum absolute atomic E-state index is 13.6. The molecule has 0 radical (unpaired) electrons. The van der Waals surface area contributed by atoms with Crippen LogP contribution in [0.5, 0.6) is 0 Å². The fourth-order valence-corrected chi connectivity index (χ4v) is 5.18. The number of carbonyl (C=O) groups is 1. The molecule has 0 fully saturated rings. The average molecular weight is 543 g/mol. The summed E-state index contributed by atoms with van der Waals surface area (Å²) in [5.41, 5.74) is 0.511. The molecule has 0 saturated heterocycles. The van der Waals surface area contributed by atoms with Crippen molar-refractivity contribution in [2.24, 2.45) is 0 Å². The summed E-state index contributed by atoms with van der Waals surface area (Å²) in [5, 5.41) is 24.3. The van der Waals surface area contributed by atoms with Crippen LogP contribution in [0.4, 0.5) is 10.5 Å². The number of nitrogens with one attached hydrogen (secondary N) is 1. The van der Waals surface area contributed by atoms with E-state index in [0.29, 0.717) is 30.1 Å². The number of anilines is 1. The predicted molar refractivity (Wildman–Crippen MR) is 130 cm³/mol. The molecule has 1 atom stereocenters. The van der Waals surface area contributed by atoms with Crippen molar-refractivity contribution in [1.29, 1.82) is 0 Å². The second-order valence-corrected chi connectivity index (χ2v) is 10.1. The van der Waals surface area contributed by atoms with Gasteiger partial charge in [0.1, 0.15) is 6.61 Å². The van der Waals surface area contributed by atoms with Crippen molar-refractivity contribution >= 4 is 45.0 Å². The molecule has 11 nitrogen and oxygen atoms in total. The van der Waals surface area contributed by atoms with Gasteiger partial charge in [0.2, 0.25) is 0 Å². The molecule has 3 rings (SSSR count). The minimum absolute atomic E-state index is 0.0243. The van der Waals surface area contributed by atoms with Gasteiger partial charge in [-0.3, -0.25) is 4.31 Å². The first kappa shape index (κ1) is 26.7. The highest BCUT2D eigenvalue weighted by Crippen LogP contribution is 2.32. The molecule has 0 aliphatic rings. The fraction of sp³-hybridized carbons (Fsp3) is 0.333. The van der Waals surface area contributed by atoms with E-state index >= 15 is 0 Å². The number of rotatable bonds is 11. The number of sulfonamides is 1. The molecule has 1 aromatic heterocycles. The number of aliphatic hydroxyl groups excluding tert-OH is 1. The second-order valence-electron chi connectivity index (χ2n) is 7.45. The molecule has 1 heterocycles. The number of benzene rings is 2. The summed E-state index contributed by atoms with van der Waals surface area (Å²) in [5.74, 6) is 0. The van der Waals surface area contributed by atoms with E-state index in [4.69, 9.17) is 27.9 Å². The van der Waals surface area contributed by atoms with Crippen LogP contribution in [0.2, 0.25) is 10.0 Å². The van der Waals surface area contributed by atoms with Gasteiger partial charge in [-0.05, 0) is 55.0 Å². The maximum atomic E-state index is 13.6. The SMILES string of the molecule is C[C@H](COC(=O)NCCCn1ncnn1)N(c1cc(Cl)ccc1CO)S(=O)(=O)c1ccc(Cl)cc1. The zero-order valence-electron chi connectivity index (χ0n) is 18.7. The summed E-state index contributed by atoms with van der Waals surface area (Å²) in [4.78, 5) is 13.5. The molecule has 0 aliphatic carbocycles. The molecular formula is C21H24Cl2N6O5S. The number of aliphatic hydroxyl groups is 1. The van der Waals surface area contributed by atoms with Crippen LogP contribution < -0.4 is 9.62 Å². The molecule has 0 unspecified atom stereocenters. The monoisotopic (exact) mass is 542 g/mol. The summed E-state index contributed by atoms with van der Waals surface area (Å²) in [7, 11) is -4.14. The minimum atomic E-state index is -4.14. The number of aryl methyl sites for hydroxylation is 1. The van der Waals surface area contributed by atoms with Gasteiger partial charge >= 0.3 is 6.09 Å². The highest BCUT2D eigenvalue weighted by atomic mass is 35.5. The van der Waals surface area contributed by atoms with Gasteiger partial charge in [0.15, 0.2) is 6.33 Å². The van der Waals surface area contributed by atoms with Crippen LogP contribution in [0.1, 0.15) is 18.9 Å². The van der Waals surface area contributed by atoms with Crippen LogP contribution in [0.3, 0.4) is 0 Å². The molecular weight excluding hydrogens is 519 g/mol. The lowest BCUT2D eigenvalue weighted by Crippen LogP contribution is -2.43. The van der Waals surface area contributed by atoms with Crippen molar-refractivity contribution in [2.45, 2.75) is 37.4 Å². The third-order valence-corrected chi connectivity index (χ3v) is 7.31. The molecule has 1 amide bonds. The first-order valence-corrected chi connectivity index (χ1v) is 12.7. The van der Waals surface area contributed by atoms with Gasteiger partial charge in [-0.2, -0.15) is 4.80 Å². The number of alkyl carbamates (subject to hydrolysis) is 1. The summed E-state index contributed by atoms with van der Waals surface area (Å²) in [6, 6.07) is 9.34. The maximum Gasteiger partial charge on any atom is 0.407 e. The Balaban J connectivity index is 1.75. The molecule has 0 aliphatic heterocycles. The molecule has 3 aromatic rings. The third kappa shape index (κ3) is 7.04. The Kier molecular flexibility index (Phi) is 9.26. The van der Waals surface area contributed by atoms with Crippen molar-refractivity contribution < 1.29 is 23.1 Å². The molecule has 14 heteroatoms. The van der Waals surface area contributed by atoms with E-state index in [9.17, 15) is 18.3 Å². The summed E-state index contributed by atoms with van der Waals surface area (Å²) in [6.07, 6.45) is 1.15. The quantitative estimate of drug-likeness (QED) is 0.352. The first-order chi connectivity index (χ1) is 16.7. The van der Waals surface area contributed by atoms with Crippen molar-refractivity contribution in [3.05, 3.63) is 64.4 Å². The normalized spacial score (nSPS) is 12.2. The Morgan fingerprint density at radius 3 is 2.57 bits per heavy atom. The van der Waals surface area contributed by atoms with Crippen LogP contribution >= 0.6 is 23.2 Å². The van der Waals surface area contributed by atoms with Crippen molar-refractivity contribution in [3.63, 3.8) is 0 Å². The van der Waals surface area contributed by atoms with E-state index in [1.165, 1.54) is 47.5 Å². The first-order valence-electron chi connectivity index (χ1n) is 10.5. The number of tetrazole rings is 1. The summed E-state index contributed by atoms with van der Waals surface area (Å²) in [6.45, 7) is 1.65.